The highest BCUT2D eigenvalue weighted by molar-refractivity contribution is 7.89. The van der Waals surface area contributed by atoms with Crippen LogP contribution in [0.5, 0.6) is 5.75 Å². The molecule has 0 fully saturated rings. The molecule has 0 spiro atoms. The minimum atomic E-state index is -3.64. The third kappa shape index (κ3) is 3.80. The Balaban J connectivity index is 2.25. The number of sulfonamides is 1. The lowest BCUT2D eigenvalue weighted by molar-refractivity contribution is 0.413. The van der Waals surface area contributed by atoms with Gasteiger partial charge in [0.15, 0.2) is 0 Å². The first-order valence-corrected chi connectivity index (χ1v) is 8.62. The lowest BCUT2D eigenvalue weighted by Crippen LogP contribution is -2.26. The van der Waals surface area contributed by atoms with Gasteiger partial charge in [0.05, 0.1) is 12.0 Å². The molecule has 4 nitrogen and oxygen atoms in total. The van der Waals surface area contributed by atoms with Gasteiger partial charge >= 0.3 is 0 Å². The Labute approximate surface area is 136 Å². The molecule has 0 saturated heterocycles. The van der Waals surface area contributed by atoms with E-state index < -0.39 is 10.0 Å². The lowest BCUT2D eigenvalue weighted by Gasteiger charge is -2.16. The van der Waals surface area contributed by atoms with Crippen LogP contribution in [0.3, 0.4) is 0 Å². The topological polar surface area (TPSA) is 55.4 Å². The number of benzene rings is 2. The van der Waals surface area contributed by atoms with Crippen LogP contribution in [0.2, 0.25) is 5.02 Å². The van der Waals surface area contributed by atoms with Crippen LogP contribution in [0.4, 0.5) is 0 Å². The van der Waals surface area contributed by atoms with E-state index in [0.717, 1.165) is 11.1 Å². The van der Waals surface area contributed by atoms with Gasteiger partial charge in [0, 0.05) is 11.1 Å². The van der Waals surface area contributed by atoms with E-state index in [-0.39, 0.29) is 10.9 Å². The summed E-state index contributed by atoms with van der Waals surface area (Å²) >= 11 is 6.00. The third-order valence-electron chi connectivity index (χ3n) is 3.38. The van der Waals surface area contributed by atoms with Gasteiger partial charge in [0.2, 0.25) is 10.0 Å². The molecule has 1 N–H and O–H groups in total. The molecule has 22 heavy (non-hydrogen) atoms. The molecule has 1 unspecified atom stereocenters. The Morgan fingerprint density at radius 3 is 2.55 bits per heavy atom. The molecule has 118 valence electrons. The molecule has 0 bridgehead atoms. The minimum Gasteiger partial charge on any atom is -0.497 e. The average molecular weight is 340 g/mol. The number of aryl methyl sites for hydroxylation is 1. The van der Waals surface area contributed by atoms with Crippen molar-refractivity contribution in [1.82, 2.24) is 4.72 Å². The number of hydrogen-bond acceptors (Lipinski definition) is 3. The van der Waals surface area contributed by atoms with Crippen LogP contribution in [0.25, 0.3) is 0 Å². The predicted molar refractivity (Wildman–Crippen MR) is 87.9 cm³/mol. The molecule has 0 radical (unpaired) electrons. The average Bonchev–Trinajstić information content (AvgIpc) is 2.49. The highest BCUT2D eigenvalue weighted by Gasteiger charge is 2.19. The molecule has 0 aliphatic carbocycles. The summed E-state index contributed by atoms with van der Waals surface area (Å²) in [5, 5.41) is 0.428. The van der Waals surface area contributed by atoms with Crippen LogP contribution >= 0.6 is 11.6 Å². The molecule has 0 heterocycles. The summed E-state index contributed by atoms with van der Waals surface area (Å²) in [5.41, 5.74) is 1.66. The van der Waals surface area contributed by atoms with Crippen LogP contribution < -0.4 is 9.46 Å². The fourth-order valence-corrected chi connectivity index (χ4v) is 3.52. The van der Waals surface area contributed by atoms with Gasteiger partial charge in [-0.1, -0.05) is 29.8 Å². The third-order valence-corrected chi connectivity index (χ3v) is 5.32. The molecule has 0 amide bonds. The Hall–Kier alpha value is -1.56. The second kappa shape index (κ2) is 6.69. The minimum absolute atomic E-state index is 0.151. The van der Waals surface area contributed by atoms with E-state index in [0.29, 0.717) is 10.8 Å². The molecule has 6 heteroatoms. The van der Waals surface area contributed by atoms with Gasteiger partial charge in [0.1, 0.15) is 5.75 Å². The van der Waals surface area contributed by atoms with Crippen molar-refractivity contribution >= 4 is 21.6 Å². The van der Waals surface area contributed by atoms with Gasteiger partial charge in [0.25, 0.3) is 0 Å². The summed E-state index contributed by atoms with van der Waals surface area (Å²) in [5.74, 6) is 0.682. The Bertz CT molecular complexity index is 775. The number of halogens is 1. The fraction of sp³-hybridized carbons (Fsp3) is 0.250. The monoisotopic (exact) mass is 339 g/mol. The molecule has 2 aromatic carbocycles. The van der Waals surface area contributed by atoms with Crippen LogP contribution in [0.1, 0.15) is 24.1 Å². The summed E-state index contributed by atoms with van der Waals surface area (Å²) in [7, 11) is -2.07. The van der Waals surface area contributed by atoms with Crippen LogP contribution in [0, 0.1) is 6.92 Å². The Morgan fingerprint density at radius 2 is 1.91 bits per heavy atom. The maximum Gasteiger partial charge on any atom is 0.241 e. The van der Waals surface area contributed by atoms with E-state index in [4.69, 9.17) is 16.3 Å². The van der Waals surface area contributed by atoms with E-state index in [1.165, 1.54) is 6.07 Å². The van der Waals surface area contributed by atoms with Gasteiger partial charge in [-0.2, -0.15) is 0 Å². The fourth-order valence-electron chi connectivity index (χ4n) is 2.02. The molecule has 0 aliphatic heterocycles. The standard InChI is InChI=1S/C16H18ClNO3S/c1-11-7-8-15(10-16(11)17)22(19,20)18-12(2)13-5-4-6-14(9-13)21-3/h4-10,12,18H,1-3H3. The highest BCUT2D eigenvalue weighted by Crippen LogP contribution is 2.23. The number of ether oxygens (including phenoxy) is 1. The van der Waals surface area contributed by atoms with E-state index >= 15 is 0 Å². The van der Waals surface area contributed by atoms with Crippen molar-refractivity contribution in [3.05, 3.63) is 58.6 Å². The molecular weight excluding hydrogens is 322 g/mol. The van der Waals surface area contributed by atoms with Crippen molar-refractivity contribution in [3.63, 3.8) is 0 Å². The molecule has 1 atom stereocenters. The molecular formula is C16H18ClNO3S. The van der Waals surface area contributed by atoms with Gasteiger partial charge in [-0.15, -0.1) is 0 Å². The van der Waals surface area contributed by atoms with Crippen LogP contribution in [-0.2, 0) is 10.0 Å². The second-order valence-electron chi connectivity index (χ2n) is 5.03. The zero-order valence-electron chi connectivity index (χ0n) is 12.6. The number of nitrogens with one attached hydrogen (secondary N) is 1. The summed E-state index contributed by atoms with van der Waals surface area (Å²) < 4.78 is 32.7. The van der Waals surface area contributed by atoms with Crippen molar-refractivity contribution in [2.24, 2.45) is 0 Å². The first kappa shape index (κ1) is 16.8. The normalized spacial score (nSPS) is 12.9. The Morgan fingerprint density at radius 1 is 1.18 bits per heavy atom. The maximum absolute atomic E-state index is 12.4. The van der Waals surface area contributed by atoms with Crippen LogP contribution in [-0.4, -0.2) is 15.5 Å². The zero-order chi connectivity index (χ0) is 16.3. The maximum atomic E-state index is 12.4. The first-order valence-electron chi connectivity index (χ1n) is 6.76. The number of methoxy groups -OCH3 is 1. The Kier molecular flexibility index (Phi) is 5.11. The van der Waals surface area contributed by atoms with E-state index in [9.17, 15) is 8.42 Å². The zero-order valence-corrected chi connectivity index (χ0v) is 14.2. The van der Waals surface area contributed by atoms with E-state index in [1.807, 2.05) is 25.1 Å². The molecule has 0 saturated carbocycles. The van der Waals surface area contributed by atoms with Crippen molar-refractivity contribution in [2.75, 3.05) is 7.11 Å². The largest absolute Gasteiger partial charge is 0.497 e. The molecule has 2 aromatic rings. The van der Waals surface area contributed by atoms with Crippen molar-refractivity contribution in [2.45, 2.75) is 24.8 Å². The highest BCUT2D eigenvalue weighted by atomic mass is 35.5. The summed E-state index contributed by atoms with van der Waals surface area (Å²) in [6, 6.07) is 11.6. The van der Waals surface area contributed by atoms with Crippen molar-refractivity contribution in [1.29, 1.82) is 0 Å². The summed E-state index contributed by atoms with van der Waals surface area (Å²) in [6.45, 7) is 3.60. The predicted octanol–water partition coefficient (Wildman–Crippen LogP) is 3.70. The van der Waals surface area contributed by atoms with Gasteiger partial charge in [-0.3, -0.25) is 0 Å². The van der Waals surface area contributed by atoms with Crippen LogP contribution in [0.15, 0.2) is 47.4 Å². The second-order valence-corrected chi connectivity index (χ2v) is 7.15. The summed E-state index contributed by atoms with van der Waals surface area (Å²) in [4.78, 5) is 0.151. The molecule has 0 aliphatic rings. The number of rotatable bonds is 5. The van der Waals surface area contributed by atoms with Gasteiger partial charge < -0.3 is 4.74 Å². The SMILES string of the molecule is COc1cccc(C(C)NS(=O)(=O)c2ccc(C)c(Cl)c2)c1. The molecule has 2 rings (SSSR count). The smallest absolute Gasteiger partial charge is 0.241 e. The van der Waals surface area contributed by atoms with Crippen molar-refractivity contribution in [3.8, 4) is 5.75 Å². The van der Waals surface area contributed by atoms with Gasteiger partial charge in [-0.25, -0.2) is 13.1 Å². The molecule has 0 aromatic heterocycles. The van der Waals surface area contributed by atoms with Crippen molar-refractivity contribution < 1.29 is 13.2 Å². The number of hydrogen-bond donors (Lipinski definition) is 1. The summed E-state index contributed by atoms with van der Waals surface area (Å²) in [6.07, 6.45) is 0. The quantitative estimate of drug-likeness (QED) is 0.903. The first-order chi connectivity index (χ1) is 10.3. The van der Waals surface area contributed by atoms with E-state index in [2.05, 4.69) is 4.72 Å². The van der Waals surface area contributed by atoms with E-state index in [1.54, 1.807) is 32.2 Å². The van der Waals surface area contributed by atoms with Gasteiger partial charge in [-0.05, 0) is 49.2 Å². The lowest BCUT2D eigenvalue weighted by atomic mass is 10.1.